The zero-order valence-corrected chi connectivity index (χ0v) is 15.2. The van der Waals surface area contributed by atoms with Crippen LogP contribution < -0.4 is 10.0 Å². The molecule has 3 heterocycles. The summed E-state index contributed by atoms with van der Waals surface area (Å²) in [4.78, 5) is 26.6. The summed E-state index contributed by atoms with van der Waals surface area (Å²) >= 11 is 3.39. The third-order valence-corrected chi connectivity index (χ3v) is 5.87. The molecule has 5 atom stereocenters. The van der Waals surface area contributed by atoms with Crippen molar-refractivity contribution in [2.75, 3.05) is 4.90 Å². The smallest absolute Gasteiger partial charge is 0.234 e. The van der Waals surface area contributed by atoms with E-state index in [2.05, 4.69) is 22.5 Å². The Kier molecular flexibility index (Phi) is 3.67. The van der Waals surface area contributed by atoms with Crippen molar-refractivity contribution in [3.05, 3.63) is 53.0 Å². The van der Waals surface area contributed by atoms with Gasteiger partial charge in [0.1, 0.15) is 5.60 Å². The lowest BCUT2D eigenvalue weighted by atomic mass is 9.74. The van der Waals surface area contributed by atoms with Crippen LogP contribution in [-0.4, -0.2) is 29.6 Å². The van der Waals surface area contributed by atoms with Crippen LogP contribution in [0, 0.1) is 11.8 Å². The first-order chi connectivity index (χ1) is 11.8. The van der Waals surface area contributed by atoms with Crippen molar-refractivity contribution in [2.24, 2.45) is 11.8 Å². The molecule has 1 aromatic rings. The van der Waals surface area contributed by atoms with E-state index < -0.39 is 29.5 Å². The van der Waals surface area contributed by atoms with Crippen molar-refractivity contribution >= 4 is 33.5 Å². The molecule has 1 aromatic carbocycles. The summed E-state index contributed by atoms with van der Waals surface area (Å²) in [5, 5.41) is 11.7. The van der Waals surface area contributed by atoms with Gasteiger partial charge in [0.05, 0.1) is 18.1 Å². The van der Waals surface area contributed by atoms with Gasteiger partial charge >= 0.3 is 0 Å². The summed E-state index contributed by atoms with van der Waals surface area (Å²) in [7, 11) is 0. The van der Waals surface area contributed by atoms with Gasteiger partial charge in [-0.05, 0) is 37.6 Å². The maximum atomic E-state index is 13.2. The molecule has 6 heteroatoms. The number of fused-ring (bicyclic) bond motifs is 1. The first-order valence-corrected chi connectivity index (χ1v) is 8.95. The van der Waals surface area contributed by atoms with Crippen LogP contribution in [0.1, 0.15) is 13.3 Å². The molecule has 5 nitrogen and oxygen atoms in total. The fourth-order valence-electron chi connectivity index (χ4n) is 4.41. The van der Waals surface area contributed by atoms with Gasteiger partial charge in [-0.2, -0.15) is 0 Å². The molecule has 2 fully saturated rings. The van der Waals surface area contributed by atoms with Crippen molar-refractivity contribution in [1.29, 1.82) is 0 Å². The molecular formula is C19H17BrNO4-. The first kappa shape index (κ1) is 16.5. The molecule has 25 heavy (non-hydrogen) atoms. The number of hydrogen-bond acceptors (Lipinski definition) is 4. The van der Waals surface area contributed by atoms with E-state index in [9.17, 15) is 14.7 Å². The van der Waals surface area contributed by atoms with Crippen LogP contribution in [0.4, 0.5) is 5.69 Å². The van der Waals surface area contributed by atoms with Gasteiger partial charge in [-0.1, -0.05) is 33.7 Å². The van der Waals surface area contributed by atoms with Crippen molar-refractivity contribution in [1.82, 2.24) is 0 Å². The molecule has 0 radical (unpaired) electrons. The van der Waals surface area contributed by atoms with E-state index in [1.54, 1.807) is 11.0 Å². The van der Waals surface area contributed by atoms with Crippen LogP contribution in [0.15, 0.2) is 53.0 Å². The number of hydrogen-bond donors (Lipinski definition) is 0. The Bertz CT molecular complexity index is 802. The fraction of sp³-hybridized carbons (Fsp3) is 0.368. The van der Waals surface area contributed by atoms with Gasteiger partial charge in [0.2, 0.25) is 5.91 Å². The fourth-order valence-corrected chi connectivity index (χ4v) is 4.67. The van der Waals surface area contributed by atoms with Crippen LogP contribution in [0.5, 0.6) is 0 Å². The van der Waals surface area contributed by atoms with Crippen LogP contribution >= 0.6 is 15.9 Å². The third-order valence-electron chi connectivity index (χ3n) is 5.34. The molecule has 130 valence electrons. The number of rotatable bonds is 4. The number of amides is 1. The van der Waals surface area contributed by atoms with Gasteiger partial charge in [-0.25, -0.2) is 0 Å². The second-order valence-corrected chi connectivity index (χ2v) is 7.89. The Morgan fingerprint density at radius 3 is 2.68 bits per heavy atom. The minimum absolute atomic E-state index is 0.227. The SMILES string of the molecule is C=C(C)C[C@H]1N(c2ccc(Br)cc2)C(=O)[C@H]2[C@@H](C(=O)[O-])[C@@H]3C=C[C@]21O3. The van der Waals surface area contributed by atoms with Gasteiger partial charge in [0, 0.05) is 22.0 Å². The molecule has 0 saturated carbocycles. The van der Waals surface area contributed by atoms with Crippen LogP contribution in [0.2, 0.25) is 0 Å². The van der Waals surface area contributed by atoms with Crippen molar-refractivity contribution in [3.63, 3.8) is 0 Å². The quantitative estimate of drug-likeness (QED) is 0.720. The Morgan fingerprint density at radius 2 is 2.08 bits per heavy atom. The van der Waals surface area contributed by atoms with Gasteiger partial charge < -0.3 is 19.5 Å². The Balaban J connectivity index is 1.84. The van der Waals surface area contributed by atoms with Gasteiger partial charge in [-0.3, -0.25) is 4.79 Å². The molecular weight excluding hydrogens is 386 g/mol. The highest BCUT2D eigenvalue weighted by Gasteiger charge is 2.69. The average molecular weight is 403 g/mol. The summed E-state index contributed by atoms with van der Waals surface area (Å²) in [5.41, 5.74) is 0.700. The van der Waals surface area contributed by atoms with Gasteiger partial charge in [-0.15, -0.1) is 6.58 Å². The standard InChI is InChI=1S/C19H18BrNO4/c1-10(2)9-14-19-8-7-13(25-19)15(18(23)24)16(19)17(22)21(14)12-5-3-11(20)4-6-12/h3-8,13-16H,1,9H2,2H3,(H,23,24)/p-1/t13-,14+,15-,16+,19+/m0/s1. The Morgan fingerprint density at radius 1 is 1.40 bits per heavy atom. The number of halogens is 1. The maximum Gasteiger partial charge on any atom is 0.234 e. The van der Waals surface area contributed by atoms with Gasteiger partial charge in [0.25, 0.3) is 0 Å². The lowest BCUT2D eigenvalue weighted by Crippen LogP contribution is -2.46. The first-order valence-electron chi connectivity index (χ1n) is 8.16. The predicted molar refractivity (Wildman–Crippen MR) is 93.6 cm³/mol. The van der Waals surface area contributed by atoms with E-state index in [-0.39, 0.29) is 11.9 Å². The molecule has 0 unspecified atom stereocenters. The maximum absolute atomic E-state index is 13.2. The minimum atomic E-state index is -1.23. The number of anilines is 1. The molecule has 3 aliphatic rings. The highest BCUT2D eigenvalue weighted by Crippen LogP contribution is 2.56. The molecule has 0 aliphatic carbocycles. The summed E-state index contributed by atoms with van der Waals surface area (Å²) in [6, 6.07) is 7.08. The molecule has 4 rings (SSSR count). The zero-order valence-electron chi connectivity index (χ0n) is 13.6. The molecule has 3 aliphatic heterocycles. The average Bonchev–Trinajstić information content (AvgIpc) is 3.18. The van der Waals surface area contributed by atoms with Crippen LogP contribution in [0.3, 0.4) is 0 Å². The lowest BCUT2D eigenvalue weighted by molar-refractivity contribution is -0.313. The molecule has 2 bridgehead atoms. The molecule has 1 spiro atoms. The number of benzene rings is 1. The number of carboxylic acids is 1. The zero-order chi connectivity index (χ0) is 17.9. The minimum Gasteiger partial charge on any atom is -0.550 e. The lowest BCUT2D eigenvalue weighted by Gasteiger charge is -2.33. The molecule has 0 N–H and O–H groups in total. The van der Waals surface area contributed by atoms with E-state index >= 15 is 0 Å². The summed E-state index contributed by atoms with van der Waals surface area (Å²) < 4.78 is 6.98. The van der Waals surface area contributed by atoms with E-state index in [1.165, 1.54) is 0 Å². The number of nitrogens with zero attached hydrogens (tertiary/aromatic N) is 1. The largest absolute Gasteiger partial charge is 0.550 e. The van der Waals surface area contributed by atoms with Crippen LogP contribution in [0.25, 0.3) is 0 Å². The van der Waals surface area contributed by atoms with Crippen LogP contribution in [-0.2, 0) is 14.3 Å². The van der Waals surface area contributed by atoms with Crippen molar-refractivity contribution < 1.29 is 19.4 Å². The number of carbonyl (C=O) groups is 2. The second kappa shape index (κ2) is 5.54. The topological polar surface area (TPSA) is 69.7 Å². The van der Waals surface area contributed by atoms with E-state index in [1.807, 2.05) is 37.3 Å². The van der Waals surface area contributed by atoms with E-state index in [0.717, 1.165) is 15.7 Å². The highest BCUT2D eigenvalue weighted by atomic mass is 79.9. The number of aliphatic carboxylic acids is 1. The van der Waals surface area contributed by atoms with Crippen molar-refractivity contribution in [2.45, 2.75) is 31.1 Å². The van der Waals surface area contributed by atoms with Crippen molar-refractivity contribution in [3.8, 4) is 0 Å². The highest BCUT2D eigenvalue weighted by molar-refractivity contribution is 9.10. The second-order valence-electron chi connectivity index (χ2n) is 6.98. The Labute approximate surface area is 154 Å². The third kappa shape index (κ3) is 2.24. The van der Waals surface area contributed by atoms with E-state index in [4.69, 9.17) is 4.74 Å². The predicted octanol–water partition coefficient (Wildman–Crippen LogP) is 1.82. The molecule has 2 saturated heterocycles. The summed E-state index contributed by atoms with van der Waals surface area (Å²) in [6.45, 7) is 5.88. The number of ether oxygens (including phenoxy) is 1. The molecule has 0 aromatic heterocycles. The Hall–Kier alpha value is -1.92. The number of carboxylic acid groups (broad SMARTS) is 1. The monoisotopic (exact) mass is 402 g/mol. The summed E-state index contributed by atoms with van der Waals surface area (Å²) in [6.07, 6.45) is 3.56. The van der Waals surface area contributed by atoms with Gasteiger partial charge in [0.15, 0.2) is 0 Å². The summed E-state index contributed by atoms with van der Waals surface area (Å²) in [5.74, 6) is -3.18. The molecule has 1 amide bonds. The normalized spacial score (nSPS) is 35.3. The number of carbonyl (C=O) groups excluding carboxylic acids is 2. The van der Waals surface area contributed by atoms with E-state index in [0.29, 0.717) is 6.42 Å².